The molecule has 0 radical (unpaired) electrons. The van der Waals surface area contributed by atoms with Crippen LogP contribution in [0.4, 0.5) is 5.69 Å². The first-order valence-corrected chi connectivity index (χ1v) is 15.8. The number of anilines is 1. The number of aryl methyl sites for hydroxylation is 2. The number of nitrogens with one attached hydrogen (secondary N) is 1. The Morgan fingerprint density at radius 2 is 1.51 bits per heavy atom. The van der Waals surface area contributed by atoms with Crippen molar-refractivity contribution in [3.8, 4) is 0 Å². The van der Waals surface area contributed by atoms with Crippen LogP contribution in [0.3, 0.4) is 0 Å². The topological polar surface area (TPSA) is 86.8 Å². The minimum atomic E-state index is -4.24. The number of sulfonamides is 1. The molecule has 0 aromatic heterocycles. The lowest BCUT2D eigenvalue weighted by Gasteiger charge is -2.32. The molecule has 0 bridgehead atoms. The minimum Gasteiger partial charge on any atom is -0.352 e. The maximum absolute atomic E-state index is 14.1. The lowest BCUT2D eigenvalue weighted by Crippen LogP contribution is -2.52. The molecule has 1 saturated carbocycles. The van der Waals surface area contributed by atoms with E-state index in [9.17, 15) is 18.0 Å². The summed E-state index contributed by atoms with van der Waals surface area (Å²) >= 11 is 12.7. The van der Waals surface area contributed by atoms with Gasteiger partial charge in [0.05, 0.1) is 15.6 Å². The third-order valence-corrected chi connectivity index (χ3v) is 9.74. The molecule has 0 heterocycles. The fourth-order valence-electron chi connectivity index (χ4n) is 4.89. The van der Waals surface area contributed by atoms with Crippen molar-refractivity contribution in [1.82, 2.24) is 10.2 Å². The van der Waals surface area contributed by atoms with Gasteiger partial charge in [-0.15, -0.1) is 0 Å². The van der Waals surface area contributed by atoms with Crippen LogP contribution in [-0.4, -0.2) is 43.8 Å². The highest BCUT2D eigenvalue weighted by molar-refractivity contribution is 7.92. The summed E-state index contributed by atoms with van der Waals surface area (Å²) in [5.41, 5.74) is 2.84. The molecule has 7 nitrogen and oxygen atoms in total. The standard InChI is InChI=1S/C31H35Cl2N3O4S/c1-21-8-12-24(13-9-21)19-35(23(3)31(38)34-26-6-4-5-7-26)30(37)20-36(29-18-25(32)14-17-28(29)33)41(39,40)27-15-10-22(2)11-16-27/h8-18,23,26H,4-7,19-20H2,1-3H3,(H,34,38)/t23-/m0/s1. The molecular formula is C31H35Cl2N3O4S. The first kappa shape index (κ1) is 30.9. The van der Waals surface area contributed by atoms with Gasteiger partial charge in [-0.1, -0.05) is 83.6 Å². The monoisotopic (exact) mass is 615 g/mol. The Morgan fingerprint density at radius 1 is 0.927 bits per heavy atom. The third-order valence-electron chi connectivity index (χ3n) is 7.41. The molecule has 0 spiro atoms. The summed E-state index contributed by atoms with van der Waals surface area (Å²) in [6.07, 6.45) is 3.91. The Labute approximate surface area is 252 Å². The van der Waals surface area contributed by atoms with Gasteiger partial charge >= 0.3 is 0 Å². The van der Waals surface area contributed by atoms with Gasteiger partial charge in [0, 0.05) is 17.6 Å². The van der Waals surface area contributed by atoms with Crippen LogP contribution in [0.15, 0.2) is 71.6 Å². The molecular weight excluding hydrogens is 581 g/mol. The zero-order chi connectivity index (χ0) is 29.7. The zero-order valence-corrected chi connectivity index (χ0v) is 25.8. The molecule has 1 aliphatic rings. The Hall–Kier alpha value is -3.07. The van der Waals surface area contributed by atoms with E-state index in [4.69, 9.17) is 23.2 Å². The van der Waals surface area contributed by atoms with Gasteiger partial charge in [0.2, 0.25) is 11.8 Å². The molecule has 1 N–H and O–H groups in total. The molecule has 3 aromatic carbocycles. The van der Waals surface area contributed by atoms with Crippen molar-refractivity contribution in [3.63, 3.8) is 0 Å². The molecule has 4 rings (SSSR count). The summed E-state index contributed by atoms with van der Waals surface area (Å²) < 4.78 is 28.9. The quantitative estimate of drug-likeness (QED) is 0.291. The van der Waals surface area contributed by atoms with Crippen molar-refractivity contribution in [3.05, 3.63) is 93.5 Å². The van der Waals surface area contributed by atoms with Gasteiger partial charge in [-0.2, -0.15) is 0 Å². The fourth-order valence-corrected chi connectivity index (χ4v) is 6.75. The molecule has 0 saturated heterocycles. The average Bonchev–Trinajstić information content (AvgIpc) is 3.45. The first-order chi connectivity index (χ1) is 19.5. The van der Waals surface area contributed by atoms with Crippen molar-refractivity contribution in [2.45, 2.75) is 70.0 Å². The van der Waals surface area contributed by atoms with E-state index in [0.717, 1.165) is 46.7 Å². The van der Waals surface area contributed by atoms with Crippen LogP contribution in [0.2, 0.25) is 10.0 Å². The van der Waals surface area contributed by atoms with Crippen LogP contribution in [0.5, 0.6) is 0 Å². The normalized spacial score (nSPS) is 14.5. The third kappa shape index (κ3) is 7.61. The van der Waals surface area contributed by atoms with Gasteiger partial charge in [0.1, 0.15) is 12.6 Å². The maximum atomic E-state index is 14.1. The first-order valence-electron chi connectivity index (χ1n) is 13.7. The summed E-state index contributed by atoms with van der Waals surface area (Å²) in [5.74, 6) is -0.822. The zero-order valence-electron chi connectivity index (χ0n) is 23.4. The number of hydrogen-bond donors (Lipinski definition) is 1. The predicted molar refractivity (Wildman–Crippen MR) is 164 cm³/mol. The molecule has 0 unspecified atom stereocenters. The van der Waals surface area contributed by atoms with Crippen LogP contribution in [0.1, 0.15) is 49.3 Å². The molecule has 1 fully saturated rings. The van der Waals surface area contributed by atoms with Crippen LogP contribution >= 0.6 is 23.2 Å². The highest BCUT2D eigenvalue weighted by Gasteiger charge is 2.34. The lowest BCUT2D eigenvalue weighted by molar-refractivity contribution is -0.139. The van der Waals surface area contributed by atoms with Gasteiger partial charge in [-0.3, -0.25) is 13.9 Å². The molecule has 1 atom stereocenters. The van der Waals surface area contributed by atoms with Crippen LogP contribution in [-0.2, 0) is 26.2 Å². The van der Waals surface area contributed by atoms with Crippen molar-refractivity contribution < 1.29 is 18.0 Å². The number of benzene rings is 3. The molecule has 2 amide bonds. The summed E-state index contributed by atoms with van der Waals surface area (Å²) in [5, 5.41) is 3.45. The van der Waals surface area contributed by atoms with Crippen LogP contribution < -0.4 is 9.62 Å². The smallest absolute Gasteiger partial charge is 0.264 e. The maximum Gasteiger partial charge on any atom is 0.264 e. The summed E-state index contributed by atoms with van der Waals surface area (Å²) in [4.78, 5) is 28.8. The Bertz CT molecular complexity index is 1490. The van der Waals surface area contributed by atoms with Crippen molar-refractivity contribution in [2.75, 3.05) is 10.8 Å². The van der Waals surface area contributed by atoms with Crippen molar-refractivity contribution in [2.24, 2.45) is 0 Å². The van der Waals surface area contributed by atoms with E-state index < -0.39 is 28.5 Å². The van der Waals surface area contributed by atoms with Crippen molar-refractivity contribution in [1.29, 1.82) is 0 Å². The number of amides is 2. The van der Waals surface area contributed by atoms with Gasteiger partial charge in [0.15, 0.2) is 0 Å². The second-order valence-corrected chi connectivity index (χ2v) is 13.3. The Balaban J connectivity index is 1.71. The van der Waals surface area contributed by atoms with E-state index in [1.54, 1.807) is 25.1 Å². The summed E-state index contributed by atoms with van der Waals surface area (Å²) in [7, 11) is -4.24. The number of carbonyl (C=O) groups excluding carboxylic acids is 2. The summed E-state index contributed by atoms with van der Waals surface area (Å²) in [6.45, 7) is 5.03. The minimum absolute atomic E-state index is 0.00375. The molecule has 1 aliphatic carbocycles. The van der Waals surface area contributed by atoms with Gasteiger partial charge in [-0.25, -0.2) is 8.42 Å². The SMILES string of the molecule is Cc1ccc(CN(C(=O)CN(c2cc(Cl)ccc2Cl)S(=O)(=O)c2ccc(C)cc2)[C@@H](C)C(=O)NC2CCCC2)cc1. The highest BCUT2D eigenvalue weighted by atomic mass is 35.5. The van der Waals surface area contributed by atoms with Crippen LogP contribution in [0, 0.1) is 13.8 Å². The summed E-state index contributed by atoms with van der Waals surface area (Å²) in [6, 6.07) is 17.7. The average molecular weight is 617 g/mol. The van der Waals surface area contributed by atoms with E-state index in [-0.39, 0.29) is 39.1 Å². The molecule has 0 aliphatic heterocycles. The molecule has 41 heavy (non-hydrogen) atoms. The van der Waals surface area contributed by atoms with Crippen molar-refractivity contribution >= 4 is 50.7 Å². The number of hydrogen-bond acceptors (Lipinski definition) is 4. The Morgan fingerprint density at radius 3 is 2.12 bits per heavy atom. The number of carbonyl (C=O) groups is 2. The number of halogens is 2. The van der Waals surface area contributed by atoms with Gasteiger partial charge in [-0.05, 0) is 69.5 Å². The number of nitrogens with zero attached hydrogens (tertiary/aromatic N) is 2. The highest BCUT2D eigenvalue weighted by Crippen LogP contribution is 2.33. The predicted octanol–water partition coefficient (Wildman–Crippen LogP) is 6.28. The second kappa shape index (κ2) is 13.3. The second-order valence-electron chi connectivity index (χ2n) is 10.6. The Kier molecular flexibility index (Phi) is 10.00. The largest absolute Gasteiger partial charge is 0.352 e. The van der Waals surface area contributed by atoms with E-state index in [2.05, 4.69) is 5.32 Å². The molecule has 10 heteroatoms. The van der Waals surface area contributed by atoms with Gasteiger partial charge in [0.25, 0.3) is 10.0 Å². The van der Waals surface area contributed by atoms with E-state index in [1.807, 2.05) is 38.1 Å². The van der Waals surface area contributed by atoms with E-state index in [0.29, 0.717) is 0 Å². The van der Waals surface area contributed by atoms with Crippen LogP contribution in [0.25, 0.3) is 0 Å². The fraction of sp³-hybridized carbons (Fsp3) is 0.355. The number of rotatable bonds is 10. The van der Waals surface area contributed by atoms with E-state index in [1.165, 1.54) is 29.2 Å². The van der Waals surface area contributed by atoms with E-state index >= 15 is 0 Å². The lowest BCUT2D eigenvalue weighted by atomic mass is 10.1. The molecule has 3 aromatic rings. The van der Waals surface area contributed by atoms with Gasteiger partial charge < -0.3 is 10.2 Å². The molecule has 218 valence electrons.